The highest BCUT2D eigenvalue weighted by molar-refractivity contribution is 5.88. The molecule has 0 bridgehead atoms. The van der Waals surface area contributed by atoms with Gasteiger partial charge in [0.2, 0.25) is 0 Å². The van der Waals surface area contributed by atoms with Crippen LogP contribution < -0.4 is 10.1 Å². The van der Waals surface area contributed by atoms with Crippen molar-refractivity contribution in [2.75, 3.05) is 13.2 Å². The maximum Gasteiger partial charge on any atom is 0.303 e. The molecular weight excluding hydrogens is 330 g/mol. The second kappa shape index (κ2) is 10.8. The minimum absolute atomic E-state index is 0.242. The molecule has 0 amide bonds. The molecule has 2 aromatic rings. The Morgan fingerprint density at radius 1 is 1.12 bits per heavy atom. The van der Waals surface area contributed by atoms with Gasteiger partial charge in [-0.1, -0.05) is 49.2 Å². The first-order valence-corrected chi connectivity index (χ1v) is 9.30. The number of aliphatic hydroxyl groups excluding tert-OH is 1. The fourth-order valence-corrected chi connectivity index (χ4v) is 2.91. The molecule has 0 saturated heterocycles. The van der Waals surface area contributed by atoms with E-state index in [-0.39, 0.29) is 19.1 Å². The van der Waals surface area contributed by atoms with Gasteiger partial charge in [0.05, 0.1) is 0 Å². The van der Waals surface area contributed by atoms with Gasteiger partial charge in [0.15, 0.2) is 0 Å². The molecule has 142 valence electrons. The van der Waals surface area contributed by atoms with E-state index in [4.69, 9.17) is 9.84 Å². The van der Waals surface area contributed by atoms with Crippen molar-refractivity contribution in [1.29, 1.82) is 0 Å². The number of nitrogens with one attached hydrogen (secondary N) is 1. The van der Waals surface area contributed by atoms with Crippen LogP contribution in [-0.4, -0.2) is 41.5 Å². The predicted molar refractivity (Wildman–Crippen MR) is 104 cm³/mol. The summed E-state index contributed by atoms with van der Waals surface area (Å²) in [6.07, 6.45) is 3.27. The predicted octanol–water partition coefficient (Wildman–Crippen LogP) is 3.59. The molecule has 0 aliphatic rings. The van der Waals surface area contributed by atoms with Crippen LogP contribution in [0.5, 0.6) is 5.75 Å². The molecule has 2 rings (SSSR count). The maximum absolute atomic E-state index is 10.5. The van der Waals surface area contributed by atoms with Gasteiger partial charge in [0, 0.05) is 24.4 Å². The zero-order chi connectivity index (χ0) is 18.8. The van der Waals surface area contributed by atoms with E-state index in [1.54, 1.807) is 0 Å². The first-order valence-electron chi connectivity index (χ1n) is 9.30. The number of ether oxygens (including phenoxy) is 1. The molecule has 0 aliphatic carbocycles. The van der Waals surface area contributed by atoms with Gasteiger partial charge in [-0.2, -0.15) is 0 Å². The number of hydrogen-bond acceptors (Lipinski definition) is 4. The highest BCUT2D eigenvalue weighted by atomic mass is 16.5. The highest BCUT2D eigenvalue weighted by Crippen LogP contribution is 2.25. The number of aliphatic hydroxyl groups is 1. The Bertz CT molecular complexity index is 683. The summed E-state index contributed by atoms with van der Waals surface area (Å²) < 4.78 is 5.80. The van der Waals surface area contributed by atoms with Crippen molar-refractivity contribution in [2.45, 2.75) is 51.2 Å². The van der Waals surface area contributed by atoms with Gasteiger partial charge in [-0.3, -0.25) is 4.79 Å². The number of benzene rings is 2. The highest BCUT2D eigenvalue weighted by Gasteiger charge is 2.09. The smallest absolute Gasteiger partial charge is 0.303 e. The molecule has 5 heteroatoms. The minimum atomic E-state index is -0.731. The third-order valence-electron chi connectivity index (χ3n) is 4.41. The summed E-state index contributed by atoms with van der Waals surface area (Å²) in [7, 11) is 0. The topological polar surface area (TPSA) is 78.8 Å². The normalized spacial score (nSPS) is 13.5. The van der Waals surface area contributed by atoms with Crippen LogP contribution in [0.4, 0.5) is 0 Å². The minimum Gasteiger partial charge on any atom is -0.490 e. The number of rotatable bonds is 12. The number of fused-ring (bicyclic) bond motifs is 1. The van der Waals surface area contributed by atoms with Crippen LogP contribution in [0.2, 0.25) is 0 Å². The Morgan fingerprint density at radius 2 is 1.88 bits per heavy atom. The van der Waals surface area contributed by atoms with Gasteiger partial charge in [-0.05, 0) is 31.2 Å². The summed E-state index contributed by atoms with van der Waals surface area (Å²) in [5.41, 5.74) is 0. The number of aliphatic carboxylic acids is 1. The Kier molecular flexibility index (Phi) is 8.38. The lowest BCUT2D eigenvalue weighted by molar-refractivity contribution is -0.137. The first-order chi connectivity index (χ1) is 12.6. The molecule has 0 aliphatic heterocycles. The molecule has 5 nitrogen and oxygen atoms in total. The van der Waals surface area contributed by atoms with Crippen molar-refractivity contribution in [1.82, 2.24) is 5.32 Å². The average Bonchev–Trinajstić information content (AvgIpc) is 2.64. The van der Waals surface area contributed by atoms with Crippen LogP contribution in [0.15, 0.2) is 42.5 Å². The van der Waals surface area contributed by atoms with E-state index in [1.807, 2.05) is 42.5 Å². The summed E-state index contributed by atoms with van der Waals surface area (Å²) in [6, 6.07) is 14.2. The van der Waals surface area contributed by atoms with E-state index < -0.39 is 12.1 Å². The summed E-state index contributed by atoms with van der Waals surface area (Å²) in [5.74, 6) is 0.0547. The third-order valence-corrected chi connectivity index (χ3v) is 4.41. The van der Waals surface area contributed by atoms with Gasteiger partial charge in [0.25, 0.3) is 0 Å². The monoisotopic (exact) mass is 359 g/mol. The molecule has 0 fully saturated rings. The maximum atomic E-state index is 10.5. The summed E-state index contributed by atoms with van der Waals surface area (Å²) in [6.45, 7) is 2.79. The van der Waals surface area contributed by atoms with Gasteiger partial charge in [-0.15, -0.1) is 0 Å². The van der Waals surface area contributed by atoms with E-state index in [1.165, 1.54) is 0 Å². The quantitative estimate of drug-likeness (QED) is 0.505. The lowest BCUT2D eigenvalue weighted by atomic mass is 10.1. The molecule has 26 heavy (non-hydrogen) atoms. The number of carboxylic acid groups (broad SMARTS) is 1. The van der Waals surface area contributed by atoms with Crippen molar-refractivity contribution < 1.29 is 19.7 Å². The fourth-order valence-electron chi connectivity index (χ4n) is 2.91. The number of hydrogen-bond donors (Lipinski definition) is 3. The lowest BCUT2D eigenvalue weighted by Gasteiger charge is -2.18. The second-order valence-corrected chi connectivity index (χ2v) is 6.74. The molecule has 0 spiro atoms. The average molecular weight is 359 g/mol. The number of carbonyl (C=O) groups is 1. The van der Waals surface area contributed by atoms with E-state index in [0.717, 1.165) is 42.2 Å². The van der Waals surface area contributed by atoms with Crippen LogP contribution in [0, 0.1) is 0 Å². The molecule has 2 atom stereocenters. The molecule has 3 N–H and O–H groups in total. The van der Waals surface area contributed by atoms with Gasteiger partial charge in [-0.25, -0.2) is 0 Å². The number of carboxylic acids is 1. The van der Waals surface area contributed by atoms with Crippen molar-refractivity contribution in [3.8, 4) is 5.75 Å². The molecule has 0 saturated carbocycles. The summed E-state index contributed by atoms with van der Waals surface area (Å²) in [4.78, 5) is 10.5. The standard InChI is InChI=1S/C21H29NO4/c1-16(8-3-2-4-13-21(24)25)22-14-18(23)15-26-20-12-7-10-17-9-5-6-11-19(17)20/h5-7,9-12,16,18,22-23H,2-4,8,13-15H2,1H3,(H,24,25). The summed E-state index contributed by atoms with van der Waals surface area (Å²) in [5, 5.41) is 24.2. The largest absolute Gasteiger partial charge is 0.490 e. The van der Waals surface area contributed by atoms with Crippen molar-refractivity contribution >= 4 is 16.7 Å². The molecule has 0 radical (unpaired) electrons. The molecule has 0 aromatic heterocycles. The zero-order valence-electron chi connectivity index (χ0n) is 15.4. The van der Waals surface area contributed by atoms with Crippen molar-refractivity contribution in [3.63, 3.8) is 0 Å². The van der Waals surface area contributed by atoms with Crippen LogP contribution in [0.25, 0.3) is 10.8 Å². The van der Waals surface area contributed by atoms with E-state index in [0.29, 0.717) is 6.54 Å². The van der Waals surface area contributed by atoms with Crippen LogP contribution in [-0.2, 0) is 4.79 Å². The van der Waals surface area contributed by atoms with Crippen LogP contribution >= 0.6 is 0 Å². The zero-order valence-corrected chi connectivity index (χ0v) is 15.4. The Labute approximate surface area is 155 Å². The van der Waals surface area contributed by atoms with E-state index in [9.17, 15) is 9.90 Å². The first kappa shape index (κ1) is 20.2. The fraction of sp³-hybridized carbons (Fsp3) is 0.476. The van der Waals surface area contributed by atoms with E-state index in [2.05, 4.69) is 12.2 Å². The van der Waals surface area contributed by atoms with Crippen LogP contribution in [0.1, 0.15) is 39.0 Å². The van der Waals surface area contributed by atoms with Crippen LogP contribution in [0.3, 0.4) is 0 Å². The summed E-state index contributed by atoms with van der Waals surface area (Å²) >= 11 is 0. The second-order valence-electron chi connectivity index (χ2n) is 6.74. The Morgan fingerprint density at radius 3 is 2.69 bits per heavy atom. The SMILES string of the molecule is CC(CCCCCC(=O)O)NCC(O)COc1cccc2ccccc12. The molecular formula is C21H29NO4. The number of unbranched alkanes of at least 4 members (excludes halogenated alkanes) is 2. The lowest BCUT2D eigenvalue weighted by Crippen LogP contribution is -2.36. The van der Waals surface area contributed by atoms with E-state index >= 15 is 0 Å². The van der Waals surface area contributed by atoms with Crippen molar-refractivity contribution in [3.05, 3.63) is 42.5 Å². The van der Waals surface area contributed by atoms with Gasteiger partial charge >= 0.3 is 5.97 Å². The Balaban J connectivity index is 1.65. The molecule has 0 heterocycles. The molecule has 2 aromatic carbocycles. The van der Waals surface area contributed by atoms with Gasteiger partial charge in [0.1, 0.15) is 18.5 Å². The van der Waals surface area contributed by atoms with Crippen molar-refractivity contribution in [2.24, 2.45) is 0 Å². The molecule has 2 unspecified atom stereocenters. The Hall–Kier alpha value is -2.11. The third kappa shape index (κ3) is 7.02. The van der Waals surface area contributed by atoms with Gasteiger partial charge < -0.3 is 20.3 Å².